The lowest BCUT2D eigenvalue weighted by Crippen LogP contribution is -1.99. The molecule has 3 heterocycles. The Morgan fingerprint density at radius 1 is 1.03 bits per heavy atom. The SMILES string of the molecule is C(=C\c1nc(COc2ccc(CCCCn3ccnn3)cc2)co1)/c1cccnc1. The van der Waals surface area contributed by atoms with Gasteiger partial charge >= 0.3 is 0 Å². The molecule has 7 heteroatoms. The van der Waals surface area contributed by atoms with Crippen molar-refractivity contribution in [2.24, 2.45) is 0 Å². The summed E-state index contributed by atoms with van der Waals surface area (Å²) in [6.45, 7) is 1.26. The number of aromatic nitrogens is 5. The molecule has 0 spiro atoms. The van der Waals surface area contributed by atoms with Crippen LogP contribution in [0.3, 0.4) is 0 Å². The van der Waals surface area contributed by atoms with Gasteiger partial charge in [0.1, 0.15) is 24.3 Å². The van der Waals surface area contributed by atoms with Gasteiger partial charge in [0.25, 0.3) is 0 Å². The zero-order valence-electron chi connectivity index (χ0n) is 16.6. The number of aryl methyl sites for hydroxylation is 2. The van der Waals surface area contributed by atoms with Crippen molar-refractivity contribution in [3.63, 3.8) is 0 Å². The molecule has 30 heavy (non-hydrogen) atoms. The Hall–Kier alpha value is -3.74. The average Bonchev–Trinajstić information content (AvgIpc) is 3.47. The summed E-state index contributed by atoms with van der Waals surface area (Å²) in [6.07, 6.45) is 15.7. The Balaban J connectivity index is 1.20. The van der Waals surface area contributed by atoms with Crippen LogP contribution >= 0.6 is 0 Å². The van der Waals surface area contributed by atoms with Crippen molar-refractivity contribution in [3.05, 3.63) is 90.2 Å². The van der Waals surface area contributed by atoms with Gasteiger partial charge in [-0.3, -0.25) is 9.67 Å². The molecule has 0 unspecified atom stereocenters. The first-order valence-corrected chi connectivity index (χ1v) is 9.93. The van der Waals surface area contributed by atoms with Crippen LogP contribution in [0.5, 0.6) is 5.75 Å². The zero-order chi connectivity index (χ0) is 20.4. The molecule has 0 aliphatic carbocycles. The maximum absolute atomic E-state index is 5.82. The molecule has 0 aliphatic rings. The van der Waals surface area contributed by atoms with E-state index in [0.717, 1.165) is 42.8 Å². The molecular formula is C23H23N5O2. The van der Waals surface area contributed by atoms with Crippen LogP contribution in [0.4, 0.5) is 0 Å². The van der Waals surface area contributed by atoms with Crippen LogP contribution in [0.25, 0.3) is 12.2 Å². The van der Waals surface area contributed by atoms with Crippen LogP contribution in [-0.4, -0.2) is 25.0 Å². The second-order valence-corrected chi connectivity index (χ2v) is 6.85. The molecule has 4 rings (SSSR count). The fourth-order valence-corrected chi connectivity index (χ4v) is 2.97. The molecule has 1 aromatic carbocycles. The van der Waals surface area contributed by atoms with Crippen molar-refractivity contribution in [1.29, 1.82) is 0 Å². The molecule has 0 saturated carbocycles. The smallest absolute Gasteiger partial charge is 0.218 e. The quantitative estimate of drug-likeness (QED) is 0.366. The summed E-state index contributed by atoms with van der Waals surface area (Å²) in [7, 11) is 0. The fourth-order valence-electron chi connectivity index (χ4n) is 2.97. The van der Waals surface area contributed by atoms with Crippen LogP contribution in [0.2, 0.25) is 0 Å². The van der Waals surface area contributed by atoms with E-state index in [1.807, 2.05) is 47.3 Å². The number of pyridine rings is 1. The summed E-state index contributed by atoms with van der Waals surface area (Å²) in [5, 5.41) is 7.79. The van der Waals surface area contributed by atoms with Gasteiger partial charge in [0.05, 0.1) is 6.20 Å². The van der Waals surface area contributed by atoms with Crippen molar-refractivity contribution >= 4 is 12.2 Å². The summed E-state index contributed by atoms with van der Waals surface area (Å²) in [5.74, 6) is 1.36. The predicted molar refractivity (Wildman–Crippen MR) is 113 cm³/mol. The van der Waals surface area contributed by atoms with Gasteiger partial charge in [-0.15, -0.1) is 5.10 Å². The van der Waals surface area contributed by atoms with Gasteiger partial charge in [-0.1, -0.05) is 23.4 Å². The highest BCUT2D eigenvalue weighted by Crippen LogP contribution is 2.16. The van der Waals surface area contributed by atoms with Gasteiger partial charge in [0.15, 0.2) is 0 Å². The van der Waals surface area contributed by atoms with E-state index >= 15 is 0 Å². The van der Waals surface area contributed by atoms with Crippen molar-refractivity contribution in [2.45, 2.75) is 32.4 Å². The number of benzene rings is 1. The molecule has 3 aromatic heterocycles. The second-order valence-electron chi connectivity index (χ2n) is 6.85. The van der Waals surface area contributed by atoms with Gasteiger partial charge < -0.3 is 9.15 Å². The Morgan fingerprint density at radius 3 is 2.77 bits per heavy atom. The van der Waals surface area contributed by atoms with E-state index in [2.05, 4.69) is 32.4 Å². The fraction of sp³-hybridized carbons (Fsp3) is 0.217. The topological polar surface area (TPSA) is 78.9 Å². The molecule has 7 nitrogen and oxygen atoms in total. The van der Waals surface area contributed by atoms with E-state index in [9.17, 15) is 0 Å². The van der Waals surface area contributed by atoms with E-state index in [0.29, 0.717) is 12.5 Å². The highest BCUT2D eigenvalue weighted by molar-refractivity contribution is 5.65. The van der Waals surface area contributed by atoms with Crippen molar-refractivity contribution in [2.75, 3.05) is 0 Å². The predicted octanol–water partition coefficient (Wildman–Crippen LogP) is 4.43. The van der Waals surface area contributed by atoms with E-state index in [4.69, 9.17) is 9.15 Å². The number of ether oxygens (including phenoxy) is 1. The molecule has 4 aromatic rings. The number of unbranched alkanes of at least 4 members (excludes halogenated alkanes) is 1. The highest BCUT2D eigenvalue weighted by Gasteiger charge is 2.03. The number of hydrogen-bond acceptors (Lipinski definition) is 6. The van der Waals surface area contributed by atoms with Gasteiger partial charge in [-0.05, 0) is 54.7 Å². The summed E-state index contributed by atoms with van der Waals surface area (Å²) in [5.41, 5.74) is 3.04. The Kier molecular flexibility index (Phi) is 6.63. The largest absolute Gasteiger partial charge is 0.487 e. The summed E-state index contributed by atoms with van der Waals surface area (Å²) in [6, 6.07) is 12.1. The first kappa shape index (κ1) is 19.6. The minimum atomic E-state index is 0.363. The van der Waals surface area contributed by atoms with Crippen LogP contribution in [-0.2, 0) is 19.6 Å². The van der Waals surface area contributed by atoms with E-state index in [1.165, 1.54) is 5.56 Å². The Labute approximate surface area is 175 Å². The Bertz CT molecular complexity index is 1040. The molecule has 0 bridgehead atoms. The molecule has 0 saturated heterocycles. The first-order valence-electron chi connectivity index (χ1n) is 9.93. The third kappa shape index (κ3) is 5.88. The van der Waals surface area contributed by atoms with E-state index < -0.39 is 0 Å². The molecule has 0 N–H and O–H groups in total. The minimum absolute atomic E-state index is 0.363. The van der Waals surface area contributed by atoms with Crippen LogP contribution in [0, 0.1) is 0 Å². The monoisotopic (exact) mass is 401 g/mol. The number of nitrogens with zero attached hydrogens (tertiary/aromatic N) is 5. The van der Waals surface area contributed by atoms with Crippen LogP contribution in [0.1, 0.15) is 35.6 Å². The summed E-state index contributed by atoms with van der Waals surface area (Å²) in [4.78, 5) is 8.49. The summed E-state index contributed by atoms with van der Waals surface area (Å²) < 4.78 is 13.2. The molecular weight excluding hydrogens is 378 g/mol. The highest BCUT2D eigenvalue weighted by atomic mass is 16.5. The molecule has 0 radical (unpaired) electrons. The maximum Gasteiger partial charge on any atom is 0.218 e. The lowest BCUT2D eigenvalue weighted by atomic mass is 10.1. The maximum atomic E-state index is 5.82. The van der Waals surface area contributed by atoms with Crippen molar-refractivity contribution < 1.29 is 9.15 Å². The van der Waals surface area contributed by atoms with Gasteiger partial charge in [0, 0.05) is 31.2 Å². The zero-order valence-corrected chi connectivity index (χ0v) is 16.6. The minimum Gasteiger partial charge on any atom is -0.487 e. The van der Waals surface area contributed by atoms with Gasteiger partial charge in [-0.25, -0.2) is 4.98 Å². The van der Waals surface area contributed by atoms with Gasteiger partial charge in [-0.2, -0.15) is 0 Å². The van der Waals surface area contributed by atoms with Crippen LogP contribution in [0.15, 0.2) is 71.9 Å². The standard InChI is InChI=1S/C23H23N5O2/c1(2-14-28-15-13-25-27-28)4-19-6-9-22(10-7-19)29-17-21-18-30-23(26-21)11-8-20-5-3-12-24-16-20/h3,5-13,15-16,18H,1-2,4,14,17H2/b11-8+. The molecule has 152 valence electrons. The molecule has 0 atom stereocenters. The first-order chi connectivity index (χ1) is 14.8. The number of oxazole rings is 1. The molecule has 0 amide bonds. The van der Waals surface area contributed by atoms with Crippen LogP contribution < -0.4 is 4.74 Å². The average molecular weight is 401 g/mol. The van der Waals surface area contributed by atoms with E-state index in [-0.39, 0.29) is 0 Å². The second kappa shape index (κ2) is 10.2. The lowest BCUT2D eigenvalue weighted by molar-refractivity contribution is 0.301. The van der Waals surface area contributed by atoms with E-state index in [1.54, 1.807) is 24.9 Å². The summed E-state index contributed by atoms with van der Waals surface area (Å²) >= 11 is 0. The van der Waals surface area contributed by atoms with Crippen molar-refractivity contribution in [3.8, 4) is 5.75 Å². The van der Waals surface area contributed by atoms with Gasteiger partial charge in [0.2, 0.25) is 5.89 Å². The Morgan fingerprint density at radius 2 is 1.97 bits per heavy atom. The van der Waals surface area contributed by atoms with Crippen molar-refractivity contribution in [1.82, 2.24) is 25.0 Å². The lowest BCUT2D eigenvalue weighted by Gasteiger charge is -2.06. The molecule has 0 aliphatic heterocycles. The number of rotatable bonds is 10. The normalized spacial score (nSPS) is 11.2. The third-order valence-corrected chi connectivity index (χ3v) is 4.56. The molecule has 0 fully saturated rings. The third-order valence-electron chi connectivity index (χ3n) is 4.56. The number of hydrogen-bond donors (Lipinski definition) is 0.